The molecule has 0 fully saturated rings. The number of ether oxygens (including phenoxy) is 3. The van der Waals surface area contributed by atoms with E-state index in [2.05, 4.69) is 10.9 Å². The van der Waals surface area contributed by atoms with Crippen LogP contribution in [0, 0.1) is 20.8 Å². The molecule has 1 aromatic carbocycles. The van der Waals surface area contributed by atoms with Crippen LogP contribution >= 0.6 is 0 Å². The van der Waals surface area contributed by atoms with Crippen molar-refractivity contribution in [1.29, 1.82) is 0 Å². The quantitative estimate of drug-likeness (QED) is 0.600. The first-order valence-corrected chi connectivity index (χ1v) is 8.57. The zero-order valence-corrected chi connectivity index (χ0v) is 15.7. The summed E-state index contributed by atoms with van der Waals surface area (Å²) in [6.07, 6.45) is -0.919. The summed E-state index contributed by atoms with van der Waals surface area (Å²) in [5.74, 6) is 0.0494. The van der Waals surface area contributed by atoms with Crippen LogP contribution in [0.1, 0.15) is 27.4 Å². The van der Waals surface area contributed by atoms with Gasteiger partial charge in [-0.1, -0.05) is 12.1 Å². The van der Waals surface area contributed by atoms with E-state index in [4.69, 9.17) is 18.6 Å². The normalized spacial score (nSPS) is 14.9. The van der Waals surface area contributed by atoms with Crippen molar-refractivity contribution >= 4 is 17.8 Å². The van der Waals surface area contributed by atoms with Gasteiger partial charge in [-0.15, -0.1) is 0 Å². The lowest BCUT2D eigenvalue weighted by Gasteiger charge is -2.25. The maximum Gasteiger partial charge on any atom is 0.342 e. The molecule has 2 aromatic rings. The summed E-state index contributed by atoms with van der Waals surface area (Å²) in [7, 11) is 0. The minimum absolute atomic E-state index is 0.00605. The number of fused-ring (bicyclic) bond motifs is 1. The van der Waals surface area contributed by atoms with E-state index < -0.39 is 30.5 Å². The summed E-state index contributed by atoms with van der Waals surface area (Å²) in [5.41, 5.74) is 5.34. The van der Waals surface area contributed by atoms with E-state index in [-0.39, 0.29) is 6.61 Å². The average molecular weight is 388 g/mol. The third-order valence-electron chi connectivity index (χ3n) is 4.23. The average Bonchev–Trinajstić information content (AvgIpc) is 2.95. The number of amides is 2. The molecule has 0 unspecified atom stereocenters. The zero-order valence-electron chi connectivity index (χ0n) is 15.7. The first-order chi connectivity index (χ1) is 13.4. The third-order valence-corrected chi connectivity index (χ3v) is 4.23. The van der Waals surface area contributed by atoms with Crippen molar-refractivity contribution in [2.45, 2.75) is 26.9 Å². The number of furan rings is 1. The van der Waals surface area contributed by atoms with Crippen LogP contribution in [-0.4, -0.2) is 37.1 Å². The molecule has 1 aliphatic rings. The summed E-state index contributed by atoms with van der Waals surface area (Å²) < 4.78 is 21.3. The second kappa shape index (κ2) is 8.03. The maximum absolute atomic E-state index is 12.1. The van der Waals surface area contributed by atoms with E-state index in [0.717, 1.165) is 0 Å². The lowest BCUT2D eigenvalue weighted by molar-refractivity contribution is -0.135. The number of nitrogens with one attached hydrogen (secondary N) is 2. The van der Waals surface area contributed by atoms with Crippen molar-refractivity contribution < 1.29 is 33.0 Å². The van der Waals surface area contributed by atoms with Gasteiger partial charge in [0, 0.05) is 5.56 Å². The molecule has 0 saturated heterocycles. The van der Waals surface area contributed by atoms with Crippen LogP contribution in [-0.2, 0) is 14.3 Å². The van der Waals surface area contributed by atoms with E-state index in [1.807, 2.05) is 0 Å². The number of aryl methyl sites for hydroxylation is 2. The highest BCUT2D eigenvalue weighted by Crippen LogP contribution is 2.30. The molecule has 28 heavy (non-hydrogen) atoms. The van der Waals surface area contributed by atoms with Gasteiger partial charge in [-0.05, 0) is 32.9 Å². The van der Waals surface area contributed by atoms with E-state index in [1.54, 1.807) is 45.0 Å². The Labute approximate surface area is 160 Å². The topological polar surface area (TPSA) is 116 Å². The summed E-state index contributed by atoms with van der Waals surface area (Å²) in [5, 5.41) is 0. The molecule has 3 rings (SSSR count). The van der Waals surface area contributed by atoms with Gasteiger partial charge in [-0.25, -0.2) is 4.79 Å². The van der Waals surface area contributed by atoms with Gasteiger partial charge < -0.3 is 18.6 Å². The fourth-order valence-electron chi connectivity index (χ4n) is 2.69. The van der Waals surface area contributed by atoms with E-state index in [9.17, 15) is 14.4 Å². The van der Waals surface area contributed by atoms with Gasteiger partial charge in [0.25, 0.3) is 11.8 Å². The second-order valence-corrected chi connectivity index (χ2v) is 6.19. The fraction of sp³-hybridized carbons (Fsp3) is 0.316. The van der Waals surface area contributed by atoms with Crippen LogP contribution in [0.4, 0.5) is 0 Å². The Bertz CT molecular complexity index is 919. The van der Waals surface area contributed by atoms with Crippen molar-refractivity contribution in [1.82, 2.24) is 10.9 Å². The molecule has 2 N–H and O–H groups in total. The van der Waals surface area contributed by atoms with Gasteiger partial charge in [-0.2, -0.15) is 0 Å². The number of hydrogen-bond acceptors (Lipinski definition) is 7. The molecule has 0 spiro atoms. The molecule has 148 valence electrons. The van der Waals surface area contributed by atoms with Crippen LogP contribution in [0.25, 0.3) is 0 Å². The number of rotatable bonds is 4. The molecule has 2 amide bonds. The summed E-state index contributed by atoms with van der Waals surface area (Å²) in [4.78, 5) is 36.1. The van der Waals surface area contributed by atoms with Crippen LogP contribution in [0.15, 0.2) is 28.7 Å². The molecule has 2 heterocycles. The zero-order chi connectivity index (χ0) is 20.3. The van der Waals surface area contributed by atoms with Crippen molar-refractivity contribution in [3.05, 3.63) is 46.9 Å². The van der Waals surface area contributed by atoms with E-state index in [1.165, 1.54) is 0 Å². The second-order valence-electron chi connectivity index (χ2n) is 6.19. The van der Waals surface area contributed by atoms with E-state index >= 15 is 0 Å². The SMILES string of the molecule is Cc1oc(C)c(C(=O)OCC(=O)NNC(=O)[C@@H]2COc3ccccc3O2)c1C. The number of carbonyl (C=O) groups is 3. The van der Waals surface area contributed by atoms with Crippen molar-refractivity contribution in [2.75, 3.05) is 13.2 Å². The molecule has 1 aliphatic heterocycles. The Morgan fingerprint density at radius 2 is 1.79 bits per heavy atom. The smallest absolute Gasteiger partial charge is 0.342 e. The molecular formula is C19H20N2O7. The number of hydrazine groups is 1. The Hall–Kier alpha value is -3.49. The molecule has 0 aliphatic carbocycles. The first kappa shape index (κ1) is 19.3. The highest BCUT2D eigenvalue weighted by molar-refractivity contribution is 5.94. The Morgan fingerprint density at radius 1 is 1.07 bits per heavy atom. The molecule has 9 heteroatoms. The van der Waals surface area contributed by atoms with Gasteiger partial charge in [-0.3, -0.25) is 20.4 Å². The Morgan fingerprint density at radius 3 is 2.46 bits per heavy atom. The molecule has 1 aromatic heterocycles. The van der Waals surface area contributed by atoms with Crippen LogP contribution in [0.2, 0.25) is 0 Å². The lowest BCUT2D eigenvalue weighted by atomic mass is 10.1. The monoisotopic (exact) mass is 388 g/mol. The summed E-state index contributed by atoms with van der Waals surface area (Å²) in [6, 6.07) is 6.94. The lowest BCUT2D eigenvalue weighted by Crippen LogP contribution is -2.51. The van der Waals surface area contributed by atoms with Crippen molar-refractivity contribution in [3.63, 3.8) is 0 Å². The Kier molecular flexibility index (Phi) is 5.53. The predicted octanol–water partition coefficient (Wildman–Crippen LogP) is 1.35. The number of benzene rings is 1. The molecule has 0 bridgehead atoms. The predicted molar refractivity (Wildman–Crippen MR) is 95.8 cm³/mol. The van der Waals surface area contributed by atoms with Gasteiger partial charge in [0.15, 0.2) is 18.1 Å². The molecular weight excluding hydrogens is 368 g/mol. The molecule has 1 atom stereocenters. The Balaban J connectivity index is 1.45. The van der Waals surface area contributed by atoms with Crippen LogP contribution in [0.5, 0.6) is 11.5 Å². The van der Waals surface area contributed by atoms with E-state index in [0.29, 0.717) is 34.1 Å². The fourth-order valence-corrected chi connectivity index (χ4v) is 2.69. The highest BCUT2D eigenvalue weighted by Gasteiger charge is 2.27. The van der Waals surface area contributed by atoms with Gasteiger partial charge in [0.1, 0.15) is 23.7 Å². The minimum atomic E-state index is -0.919. The maximum atomic E-state index is 12.1. The summed E-state index contributed by atoms with van der Waals surface area (Å²) >= 11 is 0. The number of carbonyl (C=O) groups excluding carboxylic acids is 3. The number of para-hydroxylation sites is 2. The largest absolute Gasteiger partial charge is 0.485 e. The third kappa shape index (κ3) is 4.08. The van der Waals surface area contributed by atoms with Gasteiger partial charge in [0.2, 0.25) is 6.10 Å². The van der Waals surface area contributed by atoms with Gasteiger partial charge in [0.05, 0.1) is 0 Å². The van der Waals surface area contributed by atoms with Crippen molar-refractivity contribution in [2.24, 2.45) is 0 Å². The highest BCUT2D eigenvalue weighted by atomic mass is 16.6. The molecule has 0 saturated carbocycles. The van der Waals surface area contributed by atoms with Crippen molar-refractivity contribution in [3.8, 4) is 11.5 Å². The molecule has 9 nitrogen and oxygen atoms in total. The minimum Gasteiger partial charge on any atom is -0.485 e. The first-order valence-electron chi connectivity index (χ1n) is 8.57. The van der Waals surface area contributed by atoms with Gasteiger partial charge >= 0.3 is 5.97 Å². The van der Waals surface area contributed by atoms with Crippen LogP contribution < -0.4 is 20.3 Å². The summed E-state index contributed by atoms with van der Waals surface area (Å²) in [6.45, 7) is 4.55. The number of hydrogen-bond donors (Lipinski definition) is 2. The standard InChI is InChI=1S/C19H20N2O7/c1-10-11(2)27-12(3)17(10)19(24)26-9-16(22)20-21-18(23)15-8-25-13-6-4-5-7-14(13)28-15/h4-7,15H,8-9H2,1-3H3,(H,20,22)(H,21,23)/t15-/m0/s1. The molecule has 0 radical (unpaired) electrons. The van der Waals surface area contributed by atoms with Crippen LogP contribution in [0.3, 0.4) is 0 Å². The number of esters is 1.